The van der Waals surface area contributed by atoms with Crippen LogP contribution in [0.15, 0.2) is 24.3 Å². The Labute approximate surface area is 112 Å². The number of hydrogen-bond acceptors (Lipinski definition) is 3. The zero-order chi connectivity index (χ0) is 13.0. The van der Waals surface area contributed by atoms with E-state index in [1.807, 2.05) is 29.2 Å². The van der Waals surface area contributed by atoms with Gasteiger partial charge >= 0.3 is 0 Å². The number of carbonyl (C=O) groups is 1. The van der Waals surface area contributed by atoms with Gasteiger partial charge in [0.25, 0.3) is 0 Å². The second kappa shape index (κ2) is 3.73. The number of amides is 1. The van der Waals surface area contributed by atoms with E-state index in [1.165, 1.54) is 0 Å². The second-order valence-corrected chi connectivity index (χ2v) is 6.09. The van der Waals surface area contributed by atoms with Crippen molar-refractivity contribution in [1.29, 1.82) is 0 Å². The van der Waals surface area contributed by atoms with Gasteiger partial charge in [-0.1, -0.05) is 18.2 Å². The maximum absolute atomic E-state index is 12.5. The van der Waals surface area contributed by atoms with Crippen molar-refractivity contribution in [1.82, 2.24) is 4.90 Å². The first-order valence-electron chi connectivity index (χ1n) is 7.01. The molecule has 1 atom stereocenters. The second-order valence-electron chi connectivity index (χ2n) is 6.09. The van der Waals surface area contributed by atoms with Gasteiger partial charge in [0.1, 0.15) is 5.60 Å². The number of nitrogens with one attached hydrogen (secondary N) is 1. The first kappa shape index (κ1) is 11.3. The molecule has 1 aromatic carbocycles. The molecule has 1 amide bonds. The molecule has 0 spiro atoms. The lowest BCUT2D eigenvalue weighted by Crippen LogP contribution is -2.65. The van der Waals surface area contributed by atoms with Crippen molar-refractivity contribution >= 4 is 11.6 Å². The van der Waals surface area contributed by atoms with Gasteiger partial charge < -0.3 is 15.3 Å². The van der Waals surface area contributed by atoms with Crippen LogP contribution in [0.4, 0.5) is 5.69 Å². The number of nitrogens with zero attached hydrogens (tertiary/aromatic N) is 1. The molecule has 2 heterocycles. The lowest BCUT2D eigenvalue weighted by atomic mass is 9.87. The molecule has 100 valence electrons. The van der Waals surface area contributed by atoms with Gasteiger partial charge in [0.15, 0.2) is 0 Å². The van der Waals surface area contributed by atoms with E-state index in [0.717, 1.165) is 24.1 Å². The Kier molecular flexibility index (Phi) is 2.22. The third kappa shape index (κ3) is 1.66. The molecule has 0 aromatic heterocycles. The van der Waals surface area contributed by atoms with E-state index < -0.39 is 5.60 Å². The normalized spacial score (nSPS) is 27.4. The van der Waals surface area contributed by atoms with E-state index in [9.17, 15) is 9.90 Å². The molecule has 4 nitrogen and oxygen atoms in total. The zero-order valence-electron chi connectivity index (χ0n) is 10.8. The van der Waals surface area contributed by atoms with E-state index >= 15 is 0 Å². The fraction of sp³-hybridized carbons (Fsp3) is 0.533. The van der Waals surface area contributed by atoms with Crippen molar-refractivity contribution in [3.8, 4) is 0 Å². The molecular formula is C15H18N2O2. The summed E-state index contributed by atoms with van der Waals surface area (Å²) >= 11 is 0. The molecule has 3 aliphatic rings. The molecule has 1 aromatic rings. The molecule has 2 N–H and O–H groups in total. The Morgan fingerprint density at radius 1 is 1.32 bits per heavy atom. The highest BCUT2D eigenvalue weighted by molar-refractivity contribution is 5.89. The Morgan fingerprint density at radius 3 is 2.79 bits per heavy atom. The van der Waals surface area contributed by atoms with Gasteiger partial charge in [0.2, 0.25) is 5.91 Å². The van der Waals surface area contributed by atoms with Gasteiger partial charge in [-0.25, -0.2) is 0 Å². The Bertz CT molecular complexity index is 533. The van der Waals surface area contributed by atoms with E-state index in [-0.39, 0.29) is 11.8 Å². The summed E-state index contributed by atoms with van der Waals surface area (Å²) in [5.41, 5.74) is 1.58. The molecular weight excluding hydrogens is 240 g/mol. The monoisotopic (exact) mass is 258 g/mol. The van der Waals surface area contributed by atoms with E-state index in [2.05, 4.69) is 5.32 Å². The fourth-order valence-electron chi connectivity index (χ4n) is 3.37. The van der Waals surface area contributed by atoms with Crippen molar-refractivity contribution in [2.24, 2.45) is 5.92 Å². The zero-order valence-corrected chi connectivity index (χ0v) is 10.8. The van der Waals surface area contributed by atoms with Crippen LogP contribution in [0.5, 0.6) is 0 Å². The van der Waals surface area contributed by atoms with Crippen LogP contribution in [0.1, 0.15) is 24.3 Å². The minimum Gasteiger partial charge on any atom is -0.386 e. The number of fused-ring (bicyclic) bond motifs is 1. The highest BCUT2D eigenvalue weighted by Gasteiger charge is 2.54. The Morgan fingerprint density at radius 2 is 2.05 bits per heavy atom. The number of likely N-dealkylation sites (tertiary alicyclic amines) is 1. The number of benzene rings is 1. The molecule has 2 aliphatic heterocycles. The third-order valence-corrected chi connectivity index (χ3v) is 4.71. The number of aliphatic hydroxyl groups is 1. The first-order valence-corrected chi connectivity index (χ1v) is 7.01. The molecule has 1 unspecified atom stereocenters. The average molecular weight is 258 g/mol. The van der Waals surface area contributed by atoms with Crippen molar-refractivity contribution in [3.63, 3.8) is 0 Å². The van der Waals surface area contributed by atoms with Crippen molar-refractivity contribution in [2.75, 3.05) is 25.0 Å². The summed E-state index contributed by atoms with van der Waals surface area (Å²) in [6.07, 6.45) is 2.23. The first-order chi connectivity index (χ1) is 9.17. The van der Waals surface area contributed by atoms with Crippen LogP contribution >= 0.6 is 0 Å². The number of anilines is 1. The molecule has 4 rings (SSSR count). The minimum absolute atomic E-state index is 0.0834. The predicted octanol–water partition coefficient (Wildman–Crippen LogP) is 1.18. The number of β-amino-alcohol motifs (C(OH)–C–C–N with tert-alkyl or cyclic N) is 1. The topological polar surface area (TPSA) is 52.6 Å². The Balaban J connectivity index is 1.48. The van der Waals surface area contributed by atoms with E-state index in [1.54, 1.807) is 0 Å². The molecule has 19 heavy (non-hydrogen) atoms. The van der Waals surface area contributed by atoms with Crippen molar-refractivity contribution in [3.05, 3.63) is 29.8 Å². The summed E-state index contributed by atoms with van der Waals surface area (Å²) < 4.78 is 0. The quantitative estimate of drug-likeness (QED) is 0.837. The molecule has 1 saturated heterocycles. The summed E-state index contributed by atoms with van der Waals surface area (Å²) in [5, 5.41) is 13.6. The highest BCUT2D eigenvalue weighted by atomic mass is 16.3. The molecule has 4 heteroatoms. The maximum atomic E-state index is 12.5. The summed E-state index contributed by atoms with van der Waals surface area (Å²) in [6, 6.07) is 7.99. The number of rotatable bonds is 2. The fourth-order valence-corrected chi connectivity index (χ4v) is 3.37. The average Bonchev–Trinajstić information content (AvgIpc) is 3.14. The summed E-state index contributed by atoms with van der Waals surface area (Å²) in [5.74, 6) is 0.508. The Hall–Kier alpha value is -1.55. The smallest absolute Gasteiger partial charge is 0.232 e. The minimum atomic E-state index is -0.582. The number of hydrogen-bond donors (Lipinski definition) is 2. The molecule has 0 bridgehead atoms. The van der Waals surface area contributed by atoms with Crippen LogP contribution in [0, 0.1) is 5.92 Å². The maximum Gasteiger partial charge on any atom is 0.232 e. The van der Waals surface area contributed by atoms with Crippen molar-refractivity contribution < 1.29 is 9.90 Å². The van der Waals surface area contributed by atoms with Crippen LogP contribution in [0.25, 0.3) is 0 Å². The van der Waals surface area contributed by atoms with E-state index in [4.69, 9.17) is 0 Å². The van der Waals surface area contributed by atoms with Gasteiger partial charge in [0.05, 0.1) is 19.0 Å². The summed E-state index contributed by atoms with van der Waals surface area (Å²) in [4.78, 5) is 14.3. The van der Waals surface area contributed by atoms with Crippen LogP contribution < -0.4 is 5.32 Å². The van der Waals surface area contributed by atoms with E-state index in [0.29, 0.717) is 25.6 Å². The lowest BCUT2D eigenvalue weighted by Gasteiger charge is -2.47. The van der Waals surface area contributed by atoms with Crippen LogP contribution in [0.2, 0.25) is 0 Å². The van der Waals surface area contributed by atoms with Crippen molar-refractivity contribution in [2.45, 2.75) is 24.4 Å². The SMILES string of the molecule is O=C(C1CNc2ccccc21)N1CC(O)(C2CC2)C1. The third-order valence-electron chi connectivity index (χ3n) is 4.71. The molecule has 2 fully saturated rings. The highest BCUT2D eigenvalue weighted by Crippen LogP contribution is 2.45. The van der Waals surface area contributed by atoms with Crippen LogP contribution in [-0.4, -0.2) is 41.1 Å². The van der Waals surface area contributed by atoms with Crippen LogP contribution in [-0.2, 0) is 4.79 Å². The summed E-state index contributed by atoms with van der Waals surface area (Å²) in [7, 11) is 0. The van der Waals surface area contributed by atoms with Gasteiger partial charge in [0, 0.05) is 12.2 Å². The molecule has 1 saturated carbocycles. The number of para-hydroxylation sites is 1. The largest absolute Gasteiger partial charge is 0.386 e. The molecule has 1 aliphatic carbocycles. The van der Waals surface area contributed by atoms with Crippen LogP contribution in [0.3, 0.4) is 0 Å². The van der Waals surface area contributed by atoms with Gasteiger partial charge in [-0.2, -0.15) is 0 Å². The molecule has 0 radical (unpaired) electrons. The number of carbonyl (C=O) groups excluding carboxylic acids is 1. The van der Waals surface area contributed by atoms with Gasteiger partial charge in [-0.15, -0.1) is 0 Å². The predicted molar refractivity (Wildman–Crippen MR) is 71.9 cm³/mol. The van der Waals surface area contributed by atoms with Gasteiger partial charge in [-0.3, -0.25) is 4.79 Å². The van der Waals surface area contributed by atoms with Gasteiger partial charge in [-0.05, 0) is 30.4 Å². The standard InChI is InChI=1S/C15H18N2O2/c18-14(17-8-15(19,9-17)10-5-6-10)12-7-16-13-4-2-1-3-11(12)13/h1-4,10,12,16,19H,5-9H2. The lowest BCUT2D eigenvalue weighted by molar-refractivity contribution is -0.160. The summed E-state index contributed by atoms with van der Waals surface area (Å²) in [6.45, 7) is 1.72.